The lowest BCUT2D eigenvalue weighted by molar-refractivity contribution is 0.526. The zero-order valence-corrected chi connectivity index (χ0v) is 11.6. The van der Waals surface area contributed by atoms with Crippen molar-refractivity contribution in [2.75, 3.05) is 12.3 Å². The summed E-state index contributed by atoms with van der Waals surface area (Å²) in [6.45, 7) is 7.51. The van der Waals surface area contributed by atoms with Gasteiger partial charge in [0.1, 0.15) is 0 Å². The molecule has 0 aliphatic carbocycles. The minimum absolute atomic E-state index is 0.638. The number of hydrogen-bond donors (Lipinski definition) is 1. The number of aryl methyl sites for hydroxylation is 2. The standard InChI is InChI=1S/C12H23N3S/c1-5-13-10(2)7-6-8-16-12-9-11(3)14-15(12)4/h9-10,13H,5-8H2,1-4H3. The van der Waals surface area contributed by atoms with Gasteiger partial charge in [0.2, 0.25) is 0 Å². The van der Waals surface area contributed by atoms with Gasteiger partial charge in [-0.25, -0.2) is 0 Å². The molecule has 0 saturated heterocycles. The van der Waals surface area contributed by atoms with Crippen LogP contribution in [0.5, 0.6) is 0 Å². The quantitative estimate of drug-likeness (QED) is 0.588. The van der Waals surface area contributed by atoms with Crippen LogP contribution in [0.25, 0.3) is 0 Å². The molecule has 16 heavy (non-hydrogen) atoms. The van der Waals surface area contributed by atoms with Crippen LogP contribution in [0, 0.1) is 6.92 Å². The topological polar surface area (TPSA) is 29.9 Å². The third-order valence-electron chi connectivity index (χ3n) is 2.54. The second-order valence-corrected chi connectivity index (χ2v) is 5.31. The van der Waals surface area contributed by atoms with Gasteiger partial charge in [0, 0.05) is 13.1 Å². The van der Waals surface area contributed by atoms with Crippen LogP contribution in [0.1, 0.15) is 32.4 Å². The molecule has 1 unspecified atom stereocenters. The molecule has 0 amide bonds. The van der Waals surface area contributed by atoms with Crippen molar-refractivity contribution >= 4 is 11.8 Å². The molecule has 0 aliphatic rings. The van der Waals surface area contributed by atoms with E-state index in [-0.39, 0.29) is 0 Å². The molecule has 0 aliphatic heterocycles. The molecule has 3 nitrogen and oxygen atoms in total. The van der Waals surface area contributed by atoms with Gasteiger partial charge in [0.05, 0.1) is 10.7 Å². The molecule has 1 atom stereocenters. The molecule has 1 rings (SSSR count). The van der Waals surface area contributed by atoms with E-state index in [1.807, 2.05) is 30.4 Å². The molecule has 0 bridgehead atoms. The Morgan fingerprint density at radius 1 is 1.56 bits per heavy atom. The highest BCUT2D eigenvalue weighted by atomic mass is 32.2. The van der Waals surface area contributed by atoms with E-state index in [0.29, 0.717) is 6.04 Å². The van der Waals surface area contributed by atoms with Gasteiger partial charge < -0.3 is 5.32 Å². The Balaban J connectivity index is 2.18. The summed E-state index contributed by atoms with van der Waals surface area (Å²) in [6, 6.07) is 2.79. The average Bonchev–Trinajstić information content (AvgIpc) is 2.53. The normalized spacial score (nSPS) is 13.0. The van der Waals surface area contributed by atoms with Crippen LogP contribution in [0.4, 0.5) is 0 Å². The highest BCUT2D eigenvalue weighted by molar-refractivity contribution is 7.99. The van der Waals surface area contributed by atoms with Crippen molar-refractivity contribution in [1.82, 2.24) is 15.1 Å². The Morgan fingerprint density at radius 3 is 2.88 bits per heavy atom. The van der Waals surface area contributed by atoms with Crippen LogP contribution in [0.15, 0.2) is 11.1 Å². The largest absolute Gasteiger partial charge is 0.315 e. The Hall–Kier alpha value is -0.480. The lowest BCUT2D eigenvalue weighted by Gasteiger charge is -2.11. The average molecular weight is 241 g/mol. The third kappa shape index (κ3) is 4.58. The minimum Gasteiger partial charge on any atom is -0.315 e. The maximum absolute atomic E-state index is 4.34. The highest BCUT2D eigenvalue weighted by Gasteiger charge is 2.03. The summed E-state index contributed by atoms with van der Waals surface area (Å²) >= 11 is 1.90. The first kappa shape index (κ1) is 13.6. The molecular formula is C12H23N3S. The molecule has 1 aromatic heterocycles. The first-order valence-electron chi connectivity index (χ1n) is 6.00. The van der Waals surface area contributed by atoms with E-state index in [1.54, 1.807) is 0 Å². The molecule has 4 heteroatoms. The lowest BCUT2D eigenvalue weighted by Crippen LogP contribution is -2.25. The van der Waals surface area contributed by atoms with Crippen molar-refractivity contribution in [3.8, 4) is 0 Å². The first-order valence-corrected chi connectivity index (χ1v) is 6.99. The monoisotopic (exact) mass is 241 g/mol. The Bertz CT molecular complexity index is 309. The first-order chi connectivity index (χ1) is 7.63. The van der Waals surface area contributed by atoms with Crippen LogP contribution in [0.2, 0.25) is 0 Å². The third-order valence-corrected chi connectivity index (χ3v) is 3.71. The Morgan fingerprint density at radius 2 is 2.31 bits per heavy atom. The predicted octanol–water partition coefficient (Wildman–Crippen LogP) is 2.60. The summed E-state index contributed by atoms with van der Waals surface area (Å²) in [7, 11) is 2.01. The van der Waals surface area contributed by atoms with Gasteiger partial charge in [-0.3, -0.25) is 4.68 Å². The number of nitrogens with zero attached hydrogens (tertiary/aromatic N) is 2. The van der Waals surface area contributed by atoms with Crippen LogP contribution < -0.4 is 5.32 Å². The molecule has 92 valence electrons. The van der Waals surface area contributed by atoms with Crippen LogP contribution in [-0.2, 0) is 7.05 Å². The molecule has 1 aromatic rings. The van der Waals surface area contributed by atoms with Gasteiger partial charge in [-0.15, -0.1) is 11.8 Å². The van der Waals surface area contributed by atoms with E-state index in [0.717, 1.165) is 12.2 Å². The van der Waals surface area contributed by atoms with Gasteiger partial charge in [-0.2, -0.15) is 5.10 Å². The lowest BCUT2D eigenvalue weighted by atomic mass is 10.2. The van der Waals surface area contributed by atoms with E-state index in [9.17, 15) is 0 Å². The zero-order chi connectivity index (χ0) is 12.0. The molecule has 1 N–H and O–H groups in total. The van der Waals surface area contributed by atoms with Crippen molar-refractivity contribution in [2.45, 2.75) is 44.7 Å². The summed E-state index contributed by atoms with van der Waals surface area (Å²) in [5.41, 5.74) is 1.10. The van der Waals surface area contributed by atoms with Crippen LogP contribution in [0.3, 0.4) is 0 Å². The molecule has 0 aromatic carbocycles. The number of nitrogens with one attached hydrogen (secondary N) is 1. The second-order valence-electron chi connectivity index (χ2n) is 4.20. The molecule has 1 heterocycles. The van der Waals surface area contributed by atoms with Crippen molar-refractivity contribution in [1.29, 1.82) is 0 Å². The summed E-state index contributed by atoms with van der Waals surface area (Å²) < 4.78 is 1.97. The van der Waals surface area contributed by atoms with E-state index >= 15 is 0 Å². The fraction of sp³-hybridized carbons (Fsp3) is 0.750. The summed E-state index contributed by atoms with van der Waals surface area (Å²) in [4.78, 5) is 0. The van der Waals surface area contributed by atoms with Crippen molar-refractivity contribution in [3.63, 3.8) is 0 Å². The number of hydrogen-bond acceptors (Lipinski definition) is 3. The van der Waals surface area contributed by atoms with E-state index in [2.05, 4.69) is 30.3 Å². The van der Waals surface area contributed by atoms with E-state index < -0.39 is 0 Å². The summed E-state index contributed by atoms with van der Waals surface area (Å²) in [5, 5.41) is 9.04. The molecular weight excluding hydrogens is 218 g/mol. The van der Waals surface area contributed by atoms with Crippen LogP contribution in [-0.4, -0.2) is 28.1 Å². The van der Waals surface area contributed by atoms with Gasteiger partial charge in [0.25, 0.3) is 0 Å². The SMILES string of the molecule is CCNC(C)CCCSc1cc(C)nn1C. The Labute approximate surface area is 103 Å². The summed E-state index contributed by atoms with van der Waals surface area (Å²) in [5.74, 6) is 1.18. The highest BCUT2D eigenvalue weighted by Crippen LogP contribution is 2.19. The van der Waals surface area contributed by atoms with Gasteiger partial charge >= 0.3 is 0 Å². The van der Waals surface area contributed by atoms with Crippen molar-refractivity contribution in [2.24, 2.45) is 7.05 Å². The molecule has 0 saturated carbocycles. The fourth-order valence-electron chi connectivity index (χ4n) is 1.74. The maximum Gasteiger partial charge on any atom is 0.0939 e. The van der Waals surface area contributed by atoms with Gasteiger partial charge in [-0.05, 0) is 45.1 Å². The summed E-state index contributed by atoms with van der Waals surface area (Å²) in [6.07, 6.45) is 2.50. The zero-order valence-electron chi connectivity index (χ0n) is 10.8. The second kappa shape index (κ2) is 6.97. The number of thioether (sulfide) groups is 1. The number of aromatic nitrogens is 2. The Kier molecular flexibility index (Phi) is 5.91. The fourth-order valence-corrected chi connectivity index (χ4v) is 2.74. The van der Waals surface area contributed by atoms with Crippen LogP contribution >= 0.6 is 11.8 Å². The van der Waals surface area contributed by atoms with E-state index in [1.165, 1.54) is 23.6 Å². The maximum atomic E-state index is 4.34. The smallest absolute Gasteiger partial charge is 0.0939 e. The molecule has 0 fully saturated rings. The molecule has 0 radical (unpaired) electrons. The van der Waals surface area contributed by atoms with Crippen molar-refractivity contribution in [3.05, 3.63) is 11.8 Å². The van der Waals surface area contributed by atoms with E-state index in [4.69, 9.17) is 0 Å². The predicted molar refractivity (Wildman–Crippen MR) is 71.0 cm³/mol. The van der Waals surface area contributed by atoms with Crippen molar-refractivity contribution < 1.29 is 0 Å². The minimum atomic E-state index is 0.638. The number of rotatable bonds is 7. The van der Waals surface area contributed by atoms with Gasteiger partial charge in [0.15, 0.2) is 0 Å². The van der Waals surface area contributed by atoms with Gasteiger partial charge in [-0.1, -0.05) is 6.92 Å². The molecule has 0 spiro atoms.